The van der Waals surface area contributed by atoms with Gasteiger partial charge in [-0.2, -0.15) is 25.7 Å². The second-order valence-electron chi connectivity index (χ2n) is 2.71. The summed E-state index contributed by atoms with van der Waals surface area (Å²) in [6.45, 7) is 22.4. The smallest absolute Gasteiger partial charge is 0.344 e. The van der Waals surface area contributed by atoms with Gasteiger partial charge in [-0.05, 0) is 0 Å². The Bertz CT molecular complexity index is 29.7. The molecule has 0 aromatic carbocycles. The van der Waals surface area contributed by atoms with Crippen LogP contribution < -0.4 is 0 Å². The van der Waals surface area contributed by atoms with E-state index in [1.165, 1.54) is 12.8 Å². The van der Waals surface area contributed by atoms with Crippen molar-refractivity contribution < 1.29 is 0 Å². The molecule has 0 radical (unpaired) electrons. The van der Waals surface area contributed by atoms with Gasteiger partial charge < -0.3 is 27.7 Å². The number of unbranched alkanes of at least 4 members (excludes halogenated alkanes) is 2. The monoisotopic (exact) mass is 248 g/mol. The van der Waals surface area contributed by atoms with Crippen LogP contribution in [0.4, 0.5) is 0 Å². The second-order valence-corrected chi connectivity index (χ2v) is 2.71. The fourth-order valence-corrected chi connectivity index (χ4v) is 0. The molecule has 0 aliphatic rings. The van der Waals surface area contributed by atoms with Crippen molar-refractivity contribution in [3.05, 3.63) is 27.7 Å². The molecule has 0 aromatic rings. The molecule has 0 spiro atoms. The van der Waals surface area contributed by atoms with Gasteiger partial charge in [0.1, 0.15) is 0 Å². The van der Waals surface area contributed by atoms with Crippen molar-refractivity contribution in [2.24, 2.45) is 0 Å². The van der Waals surface area contributed by atoms with Crippen LogP contribution >= 0.6 is 0 Å². The molecule has 2 heteroatoms. The average molecular weight is 249 g/mol. The second kappa shape index (κ2) is 70.3. The topological polar surface area (TPSA) is 0 Å². The van der Waals surface area contributed by atoms with Gasteiger partial charge in [0.25, 0.3) is 0 Å². The van der Waals surface area contributed by atoms with E-state index in [4.69, 9.17) is 0 Å². The molecule has 0 N–H and O–H groups in total. The van der Waals surface area contributed by atoms with E-state index in [0.29, 0.717) is 0 Å². The Morgan fingerprint density at radius 1 is 0.562 bits per heavy atom. The zero-order valence-corrected chi connectivity index (χ0v) is 15.3. The van der Waals surface area contributed by atoms with Crippen molar-refractivity contribution in [2.45, 2.75) is 66.2 Å². The van der Waals surface area contributed by atoms with E-state index in [1.807, 2.05) is 13.8 Å². The maximum absolute atomic E-state index is 3.60. The van der Waals surface area contributed by atoms with E-state index in [-0.39, 0.29) is 46.1 Å². The Labute approximate surface area is 139 Å². The first-order valence-electron chi connectivity index (χ1n) is 5.83. The van der Waals surface area contributed by atoms with Gasteiger partial charge in [0.15, 0.2) is 0 Å². The van der Waals surface area contributed by atoms with Crippen molar-refractivity contribution in [3.8, 4) is 0 Å². The maximum Gasteiger partial charge on any atom is 2.00 e. The minimum Gasteiger partial charge on any atom is -0.344 e. The molecule has 0 amide bonds. The van der Waals surface area contributed by atoms with Gasteiger partial charge in [-0.3, -0.25) is 0 Å². The van der Waals surface area contributed by atoms with Crippen molar-refractivity contribution in [2.75, 3.05) is 0 Å². The Hall–Kier alpha value is 1.53. The first-order valence-corrected chi connectivity index (χ1v) is 5.83. The summed E-state index contributed by atoms with van der Waals surface area (Å²) in [5, 5.41) is 0. The molecule has 0 bridgehead atoms. The Morgan fingerprint density at radius 3 is 0.625 bits per heavy atom. The first-order chi connectivity index (χ1) is 6.66. The fourth-order valence-electron chi connectivity index (χ4n) is 0. The van der Waals surface area contributed by atoms with Crippen LogP contribution in [0.15, 0.2) is 0 Å². The summed E-state index contributed by atoms with van der Waals surface area (Å²) in [4.78, 5) is 0. The zero-order chi connectivity index (χ0) is 12.2. The molecule has 16 heavy (non-hydrogen) atoms. The number of hydrogen-bond acceptors (Lipinski definition) is 0. The van der Waals surface area contributed by atoms with Crippen LogP contribution in [0, 0.1) is 27.7 Å². The Morgan fingerprint density at radius 2 is 0.625 bits per heavy atom. The van der Waals surface area contributed by atoms with Gasteiger partial charge in [-0.25, -0.2) is 0 Å². The molecule has 0 saturated carbocycles. The summed E-state index contributed by atoms with van der Waals surface area (Å²) in [5.41, 5.74) is 0. The molecule has 0 rings (SSSR count). The van der Waals surface area contributed by atoms with Gasteiger partial charge in [0, 0.05) is 0 Å². The van der Waals surface area contributed by atoms with Crippen LogP contribution in [0.25, 0.3) is 0 Å². The van der Waals surface area contributed by atoms with Crippen LogP contribution in [0.1, 0.15) is 66.2 Å². The Kier molecular flexibility index (Phi) is 158. The van der Waals surface area contributed by atoms with Gasteiger partial charge in [0.2, 0.25) is 0 Å². The SMILES string of the molecule is [CH2-]CC.[CH2-]CC.[CH2-]CCC.[CH2-]CCC.[Mg+2].[Mg+2]. The largest absolute Gasteiger partial charge is 2.00 e. The van der Waals surface area contributed by atoms with Gasteiger partial charge in [0.05, 0.1) is 0 Å². The number of hydrogen-bond donors (Lipinski definition) is 0. The van der Waals surface area contributed by atoms with Crippen LogP contribution in [-0.2, 0) is 0 Å². The molecule has 0 aliphatic carbocycles. The first kappa shape index (κ1) is 36.0. The third-order valence-electron chi connectivity index (χ3n) is 0.707. The van der Waals surface area contributed by atoms with Crippen LogP contribution in [0.3, 0.4) is 0 Å². The average Bonchev–Trinajstić information content (AvgIpc) is 2.20. The molecule has 0 heterocycles. The van der Waals surface area contributed by atoms with Crippen molar-refractivity contribution in [1.29, 1.82) is 0 Å². The van der Waals surface area contributed by atoms with Crippen molar-refractivity contribution in [3.63, 3.8) is 0 Å². The van der Waals surface area contributed by atoms with Crippen LogP contribution in [0.5, 0.6) is 0 Å². The molecule has 0 aromatic heterocycles. The van der Waals surface area contributed by atoms with Crippen LogP contribution in [0.2, 0.25) is 0 Å². The third-order valence-corrected chi connectivity index (χ3v) is 0.707. The van der Waals surface area contributed by atoms with Gasteiger partial charge in [-0.15, -0.1) is 0 Å². The summed E-state index contributed by atoms with van der Waals surface area (Å²) in [6, 6.07) is 0. The normalized spacial score (nSPS) is 6.00. The summed E-state index contributed by atoms with van der Waals surface area (Å²) in [5.74, 6) is 0. The molecule has 0 nitrogen and oxygen atoms in total. The molecular formula is C14H32Mg2. The molecule has 0 atom stereocenters. The summed E-state index contributed by atoms with van der Waals surface area (Å²) < 4.78 is 0. The Balaban J connectivity index is -0.0000000202. The van der Waals surface area contributed by atoms with Gasteiger partial charge >= 0.3 is 46.1 Å². The molecular weight excluding hydrogens is 217 g/mol. The summed E-state index contributed by atoms with van der Waals surface area (Å²) >= 11 is 0. The fraction of sp³-hybridized carbons (Fsp3) is 0.714. The van der Waals surface area contributed by atoms with E-state index in [2.05, 4.69) is 41.5 Å². The third kappa shape index (κ3) is 263. The molecule has 0 aliphatic heterocycles. The maximum atomic E-state index is 3.60. The molecule has 0 unspecified atom stereocenters. The molecule has 92 valence electrons. The number of rotatable bonds is 2. The molecule has 0 saturated heterocycles. The minimum absolute atomic E-state index is 0. The zero-order valence-electron chi connectivity index (χ0n) is 12.5. The quantitative estimate of drug-likeness (QED) is 0.480. The van der Waals surface area contributed by atoms with Crippen LogP contribution in [-0.4, -0.2) is 46.1 Å². The van der Waals surface area contributed by atoms with E-state index in [9.17, 15) is 0 Å². The van der Waals surface area contributed by atoms with Crippen molar-refractivity contribution in [1.82, 2.24) is 0 Å². The minimum atomic E-state index is 0. The van der Waals surface area contributed by atoms with Gasteiger partial charge in [-0.1, -0.05) is 40.5 Å². The summed E-state index contributed by atoms with van der Waals surface area (Å²) in [7, 11) is 0. The summed E-state index contributed by atoms with van der Waals surface area (Å²) in [6.07, 6.45) is 6.56. The van der Waals surface area contributed by atoms with E-state index in [1.54, 1.807) is 0 Å². The standard InChI is InChI=1S/2C4H9.2C3H7.2Mg/c2*1-3-4-2;2*1-3-2;;/h2*1,3-4H2,2H3;2*1,3H2,2H3;;/q4*-1;2*+2. The van der Waals surface area contributed by atoms with E-state index in [0.717, 1.165) is 25.7 Å². The molecule has 0 fully saturated rings. The predicted octanol–water partition coefficient (Wildman–Crippen LogP) is 4.94. The predicted molar refractivity (Wildman–Crippen MR) is 83.3 cm³/mol. The van der Waals surface area contributed by atoms with E-state index < -0.39 is 0 Å². The van der Waals surface area contributed by atoms with Crippen molar-refractivity contribution >= 4 is 46.1 Å². The van der Waals surface area contributed by atoms with E-state index >= 15 is 0 Å².